The SMILES string of the molecule is CC1C(NC(=O)OC(C)(C)C)=NC(c2cc(Br)ncc2F)CS1=O. The molecule has 1 aliphatic rings. The minimum atomic E-state index is -1.30. The van der Waals surface area contributed by atoms with Gasteiger partial charge in [-0.2, -0.15) is 0 Å². The first-order chi connectivity index (χ1) is 11.1. The van der Waals surface area contributed by atoms with Gasteiger partial charge in [0.15, 0.2) is 0 Å². The van der Waals surface area contributed by atoms with Crippen LogP contribution in [0.5, 0.6) is 0 Å². The van der Waals surface area contributed by atoms with Gasteiger partial charge in [0.25, 0.3) is 0 Å². The van der Waals surface area contributed by atoms with Crippen LogP contribution in [0.4, 0.5) is 9.18 Å². The molecule has 0 aliphatic carbocycles. The molecular weight excluding hydrogens is 401 g/mol. The highest BCUT2D eigenvalue weighted by atomic mass is 79.9. The van der Waals surface area contributed by atoms with Gasteiger partial charge < -0.3 is 4.74 Å². The Morgan fingerprint density at radius 2 is 2.17 bits per heavy atom. The van der Waals surface area contributed by atoms with Crippen molar-refractivity contribution in [2.45, 2.75) is 44.6 Å². The fourth-order valence-corrected chi connectivity index (χ4v) is 3.69. The highest BCUT2D eigenvalue weighted by Gasteiger charge is 2.32. The van der Waals surface area contributed by atoms with Crippen LogP contribution >= 0.6 is 15.9 Å². The molecule has 2 rings (SSSR count). The largest absolute Gasteiger partial charge is 0.444 e. The summed E-state index contributed by atoms with van der Waals surface area (Å²) in [5.74, 6) is -0.130. The Morgan fingerprint density at radius 3 is 2.79 bits per heavy atom. The molecule has 9 heteroatoms. The summed E-state index contributed by atoms with van der Waals surface area (Å²) < 4.78 is 32.0. The molecule has 0 saturated heterocycles. The van der Waals surface area contributed by atoms with Gasteiger partial charge in [-0.1, -0.05) is 0 Å². The van der Waals surface area contributed by atoms with Gasteiger partial charge >= 0.3 is 6.09 Å². The number of hydrogen-bond acceptors (Lipinski definition) is 5. The minimum absolute atomic E-state index is 0.175. The topological polar surface area (TPSA) is 80.7 Å². The number of amides is 1. The quantitative estimate of drug-likeness (QED) is 0.709. The van der Waals surface area contributed by atoms with E-state index in [0.29, 0.717) is 4.60 Å². The maximum atomic E-state index is 14.0. The third kappa shape index (κ3) is 4.83. The van der Waals surface area contributed by atoms with Gasteiger partial charge in [0.1, 0.15) is 21.9 Å². The Morgan fingerprint density at radius 1 is 1.50 bits per heavy atom. The number of halogens is 2. The highest BCUT2D eigenvalue weighted by molar-refractivity contribution is 9.10. The number of ether oxygens (including phenoxy) is 1. The molecule has 24 heavy (non-hydrogen) atoms. The van der Waals surface area contributed by atoms with Crippen molar-refractivity contribution in [1.82, 2.24) is 10.3 Å². The van der Waals surface area contributed by atoms with Gasteiger partial charge in [0.05, 0.1) is 23.2 Å². The fourth-order valence-electron chi connectivity index (χ4n) is 2.12. The Balaban J connectivity index is 2.28. The summed E-state index contributed by atoms with van der Waals surface area (Å²) in [7, 11) is -1.30. The van der Waals surface area contributed by atoms with Crippen LogP contribution in [0.2, 0.25) is 0 Å². The summed E-state index contributed by atoms with van der Waals surface area (Å²) in [5.41, 5.74) is -0.385. The number of alkyl carbamates (subject to hydrolysis) is 1. The van der Waals surface area contributed by atoms with Crippen molar-refractivity contribution in [3.05, 3.63) is 28.2 Å². The normalized spacial score (nSPS) is 24.2. The number of aromatic nitrogens is 1. The second kappa shape index (κ2) is 7.26. The number of carbonyl (C=O) groups excluding carboxylic acids is 1. The number of pyridine rings is 1. The zero-order chi connectivity index (χ0) is 18.1. The van der Waals surface area contributed by atoms with Crippen LogP contribution in [0.25, 0.3) is 0 Å². The zero-order valence-electron chi connectivity index (χ0n) is 13.8. The lowest BCUT2D eigenvalue weighted by atomic mass is 10.1. The van der Waals surface area contributed by atoms with Crippen LogP contribution in [0.1, 0.15) is 39.3 Å². The van der Waals surface area contributed by atoms with Gasteiger partial charge in [-0.3, -0.25) is 14.5 Å². The number of nitrogens with zero attached hydrogens (tertiary/aromatic N) is 2. The highest BCUT2D eigenvalue weighted by Crippen LogP contribution is 2.28. The van der Waals surface area contributed by atoms with E-state index in [1.54, 1.807) is 27.7 Å². The van der Waals surface area contributed by atoms with E-state index in [4.69, 9.17) is 4.74 Å². The summed E-state index contributed by atoms with van der Waals surface area (Å²) in [6.45, 7) is 6.91. The van der Waals surface area contributed by atoms with E-state index in [1.807, 2.05) is 0 Å². The predicted molar refractivity (Wildman–Crippen MR) is 93.9 cm³/mol. The predicted octanol–water partition coefficient (Wildman–Crippen LogP) is 3.10. The van der Waals surface area contributed by atoms with Crippen molar-refractivity contribution < 1.29 is 18.1 Å². The minimum Gasteiger partial charge on any atom is -0.444 e. The van der Waals surface area contributed by atoms with Crippen LogP contribution in [0.15, 0.2) is 21.9 Å². The number of amidine groups is 1. The van der Waals surface area contributed by atoms with Gasteiger partial charge in [-0.15, -0.1) is 0 Å². The van der Waals surface area contributed by atoms with Crippen molar-refractivity contribution in [1.29, 1.82) is 0 Å². The second-order valence-corrected chi connectivity index (χ2v) is 8.99. The molecule has 0 bridgehead atoms. The number of carbonyl (C=O) groups is 1. The molecule has 2 heterocycles. The zero-order valence-corrected chi connectivity index (χ0v) is 16.2. The van der Waals surface area contributed by atoms with E-state index < -0.39 is 39.6 Å². The number of hydrogen-bond donors (Lipinski definition) is 1. The van der Waals surface area contributed by atoms with Crippen LogP contribution < -0.4 is 5.32 Å². The van der Waals surface area contributed by atoms with E-state index in [9.17, 15) is 13.4 Å². The molecule has 0 saturated carbocycles. The summed E-state index contributed by atoms with van der Waals surface area (Å²) in [6.07, 6.45) is 0.402. The molecule has 0 spiro atoms. The van der Waals surface area contributed by atoms with Crippen LogP contribution in [-0.2, 0) is 15.5 Å². The number of nitrogens with one attached hydrogen (secondary N) is 1. The Bertz CT molecular complexity index is 706. The molecule has 1 N–H and O–H groups in total. The van der Waals surface area contributed by atoms with Gasteiger partial charge in [-0.25, -0.2) is 14.2 Å². The van der Waals surface area contributed by atoms with E-state index >= 15 is 0 Å². The maximum Gasteiger partial charge on any atom is 0.413 e. The van der Waals surface area contributed by atoms with Gasteiger partial charge in [0, 0.05) is 16.4 Å². The average Bonchev–Trinajstić information content (AvgIpc) is 2.44. The number of rotatable bonds is 1. The Labute approximate surface area is 150 Å². The summed E-state index contributed by atoms with van der Waals surface area (Å²) in [5, 5.41) is 2.07. The first-order valence-corrected chi connectivity index (χ1v) is 9.50. The van der Waals surface area contributed by atoms with Crippen LogP contribution in [-0.4, -0.2) is 37.7 Å². The summed E-state index contributed by atoms with van der Waals surface area (Å²) in [4.78, 5) is 20.1. The molecule has 0 radical (unpaired) electrons. The molecule has 132 valence electrons. The lowest BCUT2D eigenvalue weighted by Crippen LogP contribution is -2.45. The van der Waals surface area contributed by atoms with Crippen molar-refractivity contribution >= 4 is 38.7 Å². The first kappa shape index (κ1) is 19.0. The molecule has 6 nitrogen and oxygen atoms in total. The standard InChI is InChI=1S/C15H19BrFN3O3S/c1-8-13(20-14(21)23-15(2,3)4)19-11(7-24(8)22)9-5-12(16)18-6-10(9)17/h5-6,8,11H,7H2,1-4H3,(H,19,20,21). The average molecular weight is 420 g/mol. The van der Waals surface area contributed by atoms with E-state index in [2.05, 4.69) is 31.2 Å². The molecule has 1 aromatic heterocycles. The van der Waals surface area contributed by atoms with Crippen molar-refractivity contribution in [2.75, 3.05) is 5.75 Å². The van der Waals surface area contributed by atoms with Gasteiger partial charge in [0.2, 0.25) is 0 Å². The van der Waals surface area contributed by atoms with Crippen molar-refractivity contribution in [3.8, 4) is 0 Å². The van der Waals surface area contributed by atoms with Crippen molar-refractivity contribution in [3.63, 3.8) is 0 Å². The summed E-state index contributed by atoms with van der Waals surface area (Å²) in [6, 6.07) is 0.841. The molecule has 1 aromatic rings. The van der Waals surface area contributed by atoms with Crippen LogP contribution in [0.3, 0.4) is 0 Å². The molecule has 1 amide bonds. The molecule has 3 atom stereocenters. The summed E-state index contributed by atoms with van der Waals surface area (Å²) >= 11 is 3.19. The fraction of sp³-hybridized carbons (Fsp3) is 0.533. The molecule has 0 aromatic carbocycles. The lowest BCUT2D eigenvalue weighted by Gasteiger charge is -2.27. The Hall–Kier alpha value is -1.35. The third-order valence-electron chi connectivity index (χ3n) is 3.24. The molecular formula is C15H19BrFN3O3S. The maximum absolute atomic E-state index is 14.0. The van der Waals surface area contributed by atoms with E-state index in [1.165, 1.54) is 6.07 Å². The van der Waals surface area contributed by atoms with Gasteiger partial charge in [-0.05, 0) is 49.7 Å². The monoisotopic (exact) mass is 419 g/mol. The van der Waals surface area contributed by atoms with E-state index in [-0.39, 0.29) is 17.2 Å². The smallest absolute Gasteiger partial charge is 0.413 e. The van der Waals surface area contributed by atoms with Crippen molar-refractivity contribution in [2.24, 2.45) is 4.99 Å². The third-order valence-corrected chi connectivity index (χ3v) is 5.33. The number of aliphatic imine (C=N–C) groups is 1. The van der Waals surface area contributed by atoms with Crippen LogP contribution in [0, 0.1) is 5.82 Å². The second-order valence-electron chi connectivity index (χ2n) is 6.38. The molecule has 3 unspecified atom stereocenters. The lowest BCUT2D eigenvalue weighted by molar-refractivity contribution is 0.0562. The molecule has 1 aliphatic heterocycles. The Kier molecular flexibility index (Phi) is 5.74. The first-order valence-electron chi connectivity index (χ1n) is 7.32. The molecule has 0 fully saturated rings. The van der Waals surface area contributed by atoms with E-state index in [0.717, 1.165) is 6.20 Å².